The van der Waals surface area contributed by atoms with Gasteiger partial charge in [-0.1, -0.05) is 49.4 Å². The van der Waals surface area contributed by atoms with Gasteiger partial charge in [0, 0.05) is 5.41 Å². The molecule has 1 fully saturated rings. The summed E-state index contributed by atoms with van der Waals surface area (Å²) in [5, 5.41) is 10.0. The fourth-order valence-electron chi connectivity index (χ4n) is 1.69. The van der Waals surface area contributed by atoms with E-state index < -0.39 is 0 Å². The van der Waals surface area contributed by atoms with Gasteiger partial charge in [-0.05, 0) is 12.0 Å². The summed E-state index contributed by atoms with van der Waals surface area (Å²) in [7, 11) is 0. The van der Waals surface area contributed by atoms with Gasteiger partial charge in [-0.15, -0.1) is 0 Å². The lowest BCUT2D eigenvalue weighted by atomic mass is 9.94. The Kier molecular flexibility index (Phi) is 1.77. The van der Waals surface area contributed by atoms with Crippen LogP contribution in [0.4, 0.5) is 0 Å². The standard InChI is InChI=1S/C12H14O/c1-9-8-12(9,2)11(13)10-6-4-3-5-7-10/h3-7,11,13H,1,8H2,2H3/t11-,12+/m1/s1. The van der Waals surface area contributed by atoms with Gasteiger partial charge in [0.25, 0.3) is 0 Å². The third kappa shape index (κ3) is 1.29. The zero-order valence-electron chi connectivity index (χ0n) is 7.83. The topological polar surface area (TPSA) is 20.2 Å². The lowest BCUT2D eigenvalue weighted by Crippen LogP contribution is -2.09. The second-order valence-electron chi connectivity index (χ2n) is 4.01. The van der Waals surface area contributed by atoms with E-state index in [-0.39, 0.29) is 11.5 Å². The molecule has 0 spiro atoms. The molecule has 0 unspecified atom stereocenters. The Morgan fingerprint density at radius 3 is 2.38 bits per heavy atom. The zero-order chi connectivity index (χ0) is 9.47. The Hall–Kier alpha value is -1.08. The smallest absolute Gasteiger partial charge is 0.0883 e. The summed E-state index contributed by atoms with van der Waals surface area (Å²) in [5.41, 5.74) is 2.08. The van der Waals surface area contributed by atoms with Crippen LogP contribution in [0.1, 0.15) is 25.0 Å². The quantitative estimate of drug-likeness (QED) is 0.683. The second kappa shape index (κ2) is 2.71. The van der Waals surface area contributed by atoms with Crippen LogP contribution in [-0.4, -0.2) is 5.11 Å². The maximum atomic E-state index is 10.0. The largest absolute Gasteiger partial charge is 0.387 e. The summed E-state index contributed by atoms with van der Waals surface area (Å²) < 4.78 is 0. The molecule has 13 heavy (non-hydrogen) atoms. The van der Waals surface area contributed by atoms with E-state index in [1.165, 1.54) is 0 Å². The predicted molar refractivity (Wildman–Crippen MR) is 53.3 cm³/mol. The van der Waals surface area contributed by atoms with E-state index in [0.717, 1.165) is 17.6 Å². The molecule has 1 aromatic rings. The van der Waals surface area contributed by atoms with Gasteiger partial charge in [-0.2, -0.15) is 0 Å². The van der Waals surface area contributed by atoms with Crippen molar-refractivity contribution in [2.24, 2.45) is 5.41 Å². The van der Waals surface area contributed by atoms with Crippen molar-refractivity contribution >= 4 is 0 Å². The molecule has 0 heterocycles. The van der Waals surface area contributed by atoms with Gasteiger partial charge < -0.3 is 5.11 Å². The highest BCUT2D eigenvalue weighted by atomic mass is 16.3. The highest BCUT2D eigenvalue weighted by molar-refractivity contribution is 5.35. The lowest BCUT2D eigenvalue weighted by molar-refractivity contribution is 0.111. The third-order valence-corrected chi connectivity index (χ3v) is 2.98. The third-order valence-electron chi connectivity index (χ3n) is 2.98. The van der Waals surface area contributed by atoms with Crippen molar-refractivity contribution in [1.82, 2.24) is 0 Å². The number of hydrogen-bond acceptors (Lipinski definition) is 1. The van der Waals surface area contributed by atoms with Gasteiger partial charge in [0.05, 0.1) is 6.10 Å². The van der Waals surface area contributed by atoms with Crippen molar-refractivity contribution in [3.05, 3.63) is 48.0 Å². The highest BCUT2D eigenvalue weighted by Crippen LogP contribution is 2.58. The van der Waals surface area contributed by atoms with Gasteiger partial charge in [0.2, 0.25) is 0 Å². The second-order valence-corrected chi connectivity index (χ2v) is 4.01. The van der Waals surface area contributed by atoms with Crippen molar-refractivity contribution in [3.8, 4) is 0 Å². The molecule has 1 N–H and O–H groups in total. The summed E-state index contributed by atoms with van der Waals surface area (Å²) in [6.07, 6.45) is 0.560. The molecule has 2 atom stereocenters. The van der Waals surface area contributed by atoms with Gasteiger partial charge in [0.1, 0.15) is 0 Å². The first kappa shape index (κ1) is 8.52. The van der Waals surface area contributed by atoms with E-state index >= 15 is 0 Å². The Balaban J connectivity index is 2.24. The van der Waals surface area contributed by atoms with Crippen LogP contribution >= 0.6 is 0 Å². The Morgan fingerprint density at radius 1 is 1.38 bits per heavy atom. The minimum absolute atomic E-state index is 0.0681. The predicted octanol–water partition coefficient (Wildman–Crippen LogP) is 2.69. The number of aliphatic hydroxyl groups is 1. The average Bonchev–Trinajstić information content (AvgIpc) is 2.76. The van der Waals surface area contributed by atoms with Crippen LogP contribution < -0.4 is 0 Å². The molecule has 0 saturated heterocycles. The molecule has 68 valence electrons. The first-order valence-electron chi connectivity index (χ1n) is 4.56. The Labute approximate surface area is 78.7 Å². The molecule has 1 aliphatic rings. The van der Waals surface area contributed by atoms with Crippen molar-refractivity contribution in [2.75, 3.05) is 0 Å². The maximum Gasteiger partial charge on any atom is 0.0883 e. The minimum atomic E-state index is -0.388. The summed E-state index contributed by atoms with van der Waals surface area (Å²) in [4.78, 5) is 0. The van der Waals surface area contributed by atoms with Gasteiger partial charge >= 0.3 is 0 Å². The van der Waals surface area contributed by atoms with E-state index in [9.17, 15) is 5.11 Å². The molecule has 2 rings (SSSR count). The number of aliphatic hydroxyl groups excluding tert-OH is 1. The molecule has 1 heteroatoms. The van der Waals surface area contributed by atoms with Gasteiger partial charge in [-0.25, -0.2) is 0 Å². The molecule has 0 amide bonds. The highest BCUT2D eigenvalue weighted by Gasteiger charge is 2.48. The summed E-state index contributed by atoms with van der Waals surface area (Å²) in [6.45, 7) is 5.97. The van der Waals surface area contributed by atoms with Crippen molar-refractivity contribution in [1.29, 1.82) is 0 Å². The fourth-order valence-corrected chi connectivity index (χ4v) is 1.69. The summed E-state index contributed by atoms with van der Waals surface area (Å²) >= 11 is 0. The summed E-state index contributed by atoms with van der Waals surface area (Å²) in [5.74, 6) is 0. The Morgan fingerprint density at radius 2 is 1.92 bits per heavy atom. The van der Waals surface area contributed by atoms with Gasteiger partial charge in [-0.3, -0.25) is 0 Å². The molecule has 1 aliphatic carbocycles. The molecule has 0 aliphatic heterocycles. The van der Waals surface area contributed by atoms with E-state index in [1.54, 1.807) is 0 Å². The van der Waals surface area contributed by atoms with Gasteiger partial charge in [0.15, 0.2) is 0 Å². The van der Waals surface area contributed by atoms with Crippen LogP contribution in [0.3, 0.4) is 0 Å². The number of benzene rings is 1. The molecule has 1 nitrogen and oxygen atoms in total. The molecular formula is C12H14O. The fraction of sp³-hybridized carbons (Fsp3) is 0.333. The Bertz CT molecular complexity index is 328. The molecule has 1 aromatic carbocycles. The van der Waals surface area contributed by atoms with E-state index in [0.29, 0.717) is 0 Å². The van der Waals surface area contributed by atoms with Crippen molar-refractivity contribution in [2.45, 2.75) is 19.4 Å². The van der Waals surface area contributed by atoms with Crippen LogP contribution in [0.25, 0.3) is 0 Å². The van der Waals surface area contributed by atoms with E-state index in [2.05, 4.69) is 13.5 Å². The molecule has 0 aromatic heterocycles. The number of hydrogen-bond donors (Lipinski definition) is 1. The first-order valence-corrected chi connectivity index (χ1v) is 4.56. The average molecular weight is 174 g/mol. The van der Waals surface area contributed by atoms with Crippen LogP contribution in [0.15, 0.2) is 42.5 Å². The molecule has 1 saturated carbocycles. The lowest BCUT2D eigenvalue weighted by Gasteiger charge is -2.17. The number of rotatable bonds is 2. The normalized spacial score (nSPS) is 28.6. The van der Waals surface area contributed by atoms with E-state index in [1.807, 2.05) is 30.3 Å². The monoisotopic (exact) mass is 174 g/mol. The van der Waals surface area contributed by atoms with Crippen molar-refractivity contribution < 1.29 is 5.11 Å². The molecular weight excluding hydrogens is 160 g/mol. The van der Waals surface area contributed by atoms with Crippen LogP contribution in [0.2, 0.25) is 0 Å². The van der Waals surface area contributed by atoms with Crippen LogP contribution in [0, 0.1) is 5.41 Å². The SMILES string of the molecule is C=C1C[C@]1(C)[C@H](O)c1ccccc1. The summed E-state index contributed by atoms with van der Waals surface area (Å²) in [6, 6.07) is 9.78. The van der Waals surface area contributed by atoms with Crippen LogP contribution in [-0.2, 0) is 0 Å². The molecule has 0 radical (unpaired) electrons. The minimum Gasteiger partial charge on any atom is -0.387 e. The molecule has 0 bridgehead atoms. The van der Waals surface area contributed by atoms with Crippen molar-refractivity contribution in [3.63, 3.8) is 0 Å². The van der Waals surface area contributed by atoms with Crippen LogP contribution in [0.5, 0.6) is 0 Å². The maximum absolute atomic E-state index is 10.0. The first-order chi connectivity index (χ1) is 6.14. The van der Waals surface area contributed by atoms with E-state index in [4.69, 9.17) is 0 Å². The zero-order valence-corrected chi connectivity index (χ0v) is 7.83.